The lowest BCUT2D eigenvalue weighted by Gasteiger charge is -2.05. The molecule has 0 saturated carbocycles. The second-order valence-corrected chi connectivity index (χ2v) is 5.63. The molecule has 1 aromatic carbocycles. The van der Waals surface area contributed by atoms with Crippen LogP contribution in [0.1, 0.15) is 44.2 Å². The zero-order valence-electron chi connectivity index (χ0n) is 12.9. The van der Waals surface area contributed by atoms with Gasteiger partial charge in [0, 0.05) is 6.42 Å². The van der Waals surface area contributed by atoms with Gasteiger partial charge in [-0.2, -0.15) is 0 Å². The molecule has 110 valence electrons. The zero-order chi connectivity index (χ0) is 14.2. The first-order valence-electron chi connectivity index (χ1n) is 7.90. The molecule has 0 bridgehead atoms. The third kappa shape index (κ3) is 4.68. The average Bonchev–Trinajstić information content (AvgIpc) is 2.92. The molecule has 0 saturated heterocycles. The fourth-order valence-electron chi connectivity index (χ4n) is 2.56. The number of hydrogen-bond acceptors (Lipinski definition) is 2. The number of hydrogen-bond donors (Lipinski definition) is 1. The van der Waals surface area contributed by atoms with Crippen LogP contribution >= 0.6 is 0 Å². The molecule has 1 heterocycles. The second-order valence-electron chi connectivity index (χ2n) is 5.63. The Kier molecular flexibility index (Phi) is 6.13. The fourth-order valence-corrected chi connectivity index (χ4v) is 2.56. The van der Waals surface area contributed by atoms with Crippen molar-refractivity contribution >= 4 is 0 Å². The van der Waals surface area contributed by atoms with Crippen molar-refractivity contribution in [1.29, 1.82) is 0 Å². The lowest BCUT2D eigenvalue weighted by Crippen LogP contribution is -2.15. The molecule has 2 heteroatoms. The van der Waals surface area contributed by atoms with Crippen molar-refractivity contribution in [1.82, 2.24) is 5.32 Å². The smallest absolute Gasteiger partial charge is 0.122 e. The Bertz CT molecular complexity index is 451. The van der Waals surface area contributed by atoms with Crippen molar-refractivity contribution in [3.8, 4) is 5.75 Å². The number of nitrogens with one attached hydrogen (secondary N) is 1. The van der Waals surface area contributed by atoms with Gasteiger partial charge in [-0.05, 0) is 62.9 Å². The summed E-state index contributed by atoms with van der Waals surface area (Å²) in [6.45, 7) is 7.53. The predicted molar refractivity (Wildman–Crippen MR) is 85.5 cm³/mol. The van der Waals surface area contributed by atoms with Crippen molar-refractivity contribution < 1.29 is 4.74 Å². The molecule has 0 unspecified atom stereocenters. The molecule has 0 fully saturated rings. The van der Waals surface area contributed by atoms with E-state index in [0.717, 1.165) is 51.1 Å². The van der Waals surface area contributed by atoms with E-state index in [1.807, 2.05) is 0 Å². The molecule has 0 radical (unpaired) electrons. The Morgan fingerprint density at radius 2 is 2.25 bits per heavy atom. The minimum absolute atomic E-state index is 0.850. The quantitative estimate of drug-likeness (QED) is 0.573. The zero-order valence-corrected chi connectivity index (χ0v) is 12.9. The van der Waals surface area contributed by atoms with Crippen LogP contribution in [-0.2, 0) is 12.8 Å². The molecule has 1 N–H and O–H groups in total. The van der Waals surface area contributed by atoms with E-state index in [-0.39, 0.29) is 0 Å². The van der Waals surface area contributed by atoms with E-state index in [9.17, 15) is 0 Å². The first-order valence-corrected chi connectivity index (χ1v) is 7.90. The summed E-state index contributed by atoms with van der Waals surface area (Å²) in [7, 11) is 0. The first kappa shape index (κ1) is 15.1. The number of benzene rings is 1. The molecule has 0 aromatic heterocycles. The van der Waals surface area contributed by atoms with Gasteiger partial charge >= 0.3 is 0 Å². The van der Waals surface area contributed by atoms with E-state index in [1.54, 1.807) is 0 Å². The van der Waals surface area contributed by atoms with Gasteiger partial charge in [-0.1, -0.05) is 30.7 Å². The van der Waals surface area contributed by atoms with Gasteiger partial charge in [-0.3, -0.25) is 0 Å². The summed E-state index contributed by atoms with van der Waals surface area (Å²) in [5.41, 5.74) is 4.32. The van der Waals surface area contributed by atoms with E-state index in [2.05, 4.69) is 43.4 Å². The summed E-state index contributed by atoms with van der Waals surface area (Å²) in [5.74, 6) is 1.09. The Morgan fingerprint density at radius 3 is 3.10 bits per heavy atom. The Hall–Kier alpha value is -1.28. The monoisotopic (exact) mass is 273 g/mol. The fraction of sp³-hybridized carbons (Fsp3) is 0.556. The van der Waals surface area contributed by atoms with Gasteiger partial charge in [0.15, 0.2) is 0 Å². The molecule has 2 nitrogen and oxygen atoms in total. The maximum Gasteiger partial charge on any atom is 0.122 e. The van der Waals surface area contributed by atoms with Crippen molar-refractivity contribution in [2.75, 3.05) is 19.7 Å². The van der Waals surface area contributed by atoms with Crippen LogP contribution in [-0.4, -0.2) is 19.7 Å². The van der Waals surface area contributed by atoms with Crippen LogP contribution in [0, 0.1) is 0 Å². The highest BCUT2D eigenvalue weighted by Crippen LogP contribution is 2.26. The summed E-state index contributed by atoms with van der Waals surface area (Å²) < 4.78 is 5.55. The van der Waals surface area contributed by atoms with Gasteiger partial charge < -0.3 is 10.1 Å². The lowest BCUT2D eigenvalue weighted by atomic mass is 10.0. The van der Waals surface area contributed by atoms with Crippen LogP contribution in [0.15, 0.2) is 29.8 Å². The number of rotatable bonds is 8. The predicted octanol–water partition coefficient (Wildman–Crippen LogP) is 3.89. The van der Waals surface area contributed by atoms with Gasteiger partial charge in [0.25, 0.3) is 0 Å². The average molecular weight is 273 g/mol. The molecule has 0 amide bonds. The minimum atomic E-state index is 0.850. The maximum absolute atomic E-state index is 5.55. The highest BCUT2D eigenvalue weighted by Gasteiger charge is 2.11. The van der Waals surface area contributed by atoms with Gasteiger partial charge in [-0.15, -0.1) is 0 Å². The van der Waals surface area contributed by atoms with E-state index in [4.69, 9.17) is 4.74 Å². The van der Waals surface area contributed by atoms with E-state index in [1.165, 1.54) is 23.1 Å². The van der Waals surface area contributed by atoms with Crippen LogP contribution < -0.4 is 10.1 Å². The van der Waals surface area contributed by atoms with Gasteiger partial charge in [0.1, 0.15) is 5.75 Å². The molecule has 1 aliphatic rings. The summed E-state index contributed by atoms with van der Waals surface area (Å²) in [4.78, 5) is 0. The third-order valence-corrected chi connectivity index (χ3v) is 3.80. The minimum Gasteiger partial charge on any atom is -0.493 e. The lowest BCUT2D eigenvalue weighted by molar-refractivity contribution is 0.357. The highest BCUT2D eigenvalue weighted by molar-refractivity contribution is 5.39. The Balaban J connectivity index is 1.72. The van der Waals surface area contributed by atoms with Crippen LogP contribution in [0.25, 0.3) is 0 Å². The molecule has 0 spiro atoms. The number of aryl methyl sites for hydroxylation is 1. The van der Waals surface area contributed by atoms with Crippen LogP contribution in [0.3, 0.4) is 0 Å². The number of fused-ring (bicyclic) bond motifs is 1. The standard InChI is InChI=1S/C18H27NO/c1-3-11-19-12-4-5-15(2)6-7-16-8-9-18-17(14-16)10-13-20-18/h5,8-9,14,19H,3-4,6-7,10-13H2,1-2H3. The van der Waals surface area contributed by atoms with Crippen LogP contribution in [0.2, 0.25) is 0 Å². The van der Waals surface area contributed by atoms with Gasteiger partial charge in [0.2, 0.25) is 0 Å². The molecular weight excluding hydrogens is 246 g/mol. The Morgan fingerprint density at radius 1 is 1.35 bits per heavy atom. The summed E-state index contributed by atoms with van der Waals surface area (Å²) in [5, 5.41) is 3.43. The molecule has 0 atom stereocenters. The molecule has 1 aliphatic heterocycles. The molecule has 0 aliphatic carbocycles. The second kappa shape index (κ2) is 8.11. The van der Waals surface area contributed by atoms with E-state index in [0.29, 0.717) is 0 Å². The number of ether oxygens (including phenoxy) is 1. The van der Waals surface area contributed by atoms with Gasteiger partial charge in [0.05, 0.1) is 6.61 Å². The molecule has 20 heavy (non-hydrogen) atoms. The highest BCUT2D eigenvalue weighted by atomic mass is 16.5. The molecule has 2 rings (SSSR count). The number of allylic oxidation sites excluding steroid dienone is 1. The molecular formula is C18H27NO. The Labute approximate surface area is 123 Å². The third-order valence-electron chi connectivity index (χ3n) is 3.80. The topological polar surface area (TPSA) is 21.3 Å². The van der Waals surface area contributed by atoms with E-state index >= 15 is 0 Å². The van der Waals surface area contributed by atoms with Crippen molar-refractivity contribution in [3.63, 3.8) is 0 Å². The summed E-state index contributed by atoms with van der Waals surface area (Å²) in [6, 6.07) is 6.66. The van der Waals surface area contributed by atoms with Crippen molar-refractivity contribution in [2.45, 2.75) is 46.0 Å². The first-order chi connectivity index (χ1) is 9.79. The summed E-state index contributed by atoms with van der Waals surface area (Å²) in [6.07, 6.45) is 8.10. The van der Waals surface area contributed by atoms with E-state index < -0.39 is 0 Å². The van der Waals surface area contributed by atoms with Crippen molar-refractivity contribution in [2.24, 2.45) is 0 Å². The van der Waals surface area contributed by atoms with Crippen molar-refractivity contribution in [3.05, 3.63) is 41.0 Å². The van der Waals surface area contributed by atoms with Crippen LogP contribution in [0.4, 0.5) is 0 Å². The SMILES string of the molecule is CCCNCCC=C(C)CCc1ccc2c(c1)CCO2. The van der Waals surface area contributed by atoms with Gasteiger partial charge in [-0.25, -0.2) is 0 Å². The summed E-state index contributed by atoms with van der Waals surface area (Å²) >= 11 is 0. The maximum atomic E-state index is 5.55. The molecule has 1 aromatic rings. The van der Waals surface area contributed by atoms with Crippen LogP contribution in [0.5, 0.6) is 5.75 Å². The largest absolute Gasteiger partial charge is 0.493 e. The normalized spacial score (nSPS) is 14.2.